The Kier molecular flexibility index (Phi) is 4.63. The highest BCUT2D eigenvalue weighted by molar-refractivity contribution is 7.71. The maximum Gasteiger partial charge on any atom is 0.131 e. The Morgan fingerprint density at radius 2 is 2.05 bits per heavy atom. The molecule has 1 aromatic heterocycles. The van der Waals surface area contributed by atoms with E-state index < -0.39 is 0 Å². The van der Waals surface area contributed by atoms with Crippen LogP contribution >= 0.6 is 12.2 Å². The number of H-pyrrole nitrogens is 1. The Morgan fingerprint density at radius 1 is 1.32 bits per heavy atom. The molecule has 0 aliphatic heterocycles. The van der Waals surface area contributed by atoms with Gasteiger partial charge in [0.15, 0.2) is 0 Å². The number of aromatic nitrogens is 2. The molecular formula is C14H16FN3S. The molecule has 19 heavy (non-hydrogen) atoms. The summed E-state index contributed by atoms with van der Waals surface area (Å²) in [5.41, 5.74) is 1.01. The maximum atomic E-state index is 12.8. The van der Waals surface area contributed by atoms with Gasteiger partial charge < -0.3 is 10.3 Å². The summed E-state index contributed by atoms with van der Waals surface area (Å²) in [5.74, 6) is 1.50. The van der Waals surface area contributed by atoms with Crippen LogP contribution in [0.2, 0.25) is 0 Å². The first kappa shape index (κ1) is 13.7. The van der Waals surface area contributed by atoms with E-state index in [9.17, 15) is 4.39 Å². The molecule has 0 saturated carbocycles. The molecule has 0 fully saturated rings. The molecule has 2 N–H and O–H groups in total. The van der Waals surface area contributed by atoms with Crippen LogP contribution in [0.25, 0.3) is 0 Å². The highest BCUT2D eigenvalue weighted by atomic mass is 32.1. The molecule has 3 nitrogen and oxygen atoms in total. The third-order valence-corrected chi connectivity index (χ3v) is 2.88. The van der Waals surface area contributed by atoms with Crippen molar-refractivity contribution in [1.82, 2.24) is 9.97 Å². The van der Waals surface area contributed by atoms with Gasteiger partial charge in [0.05, 0.1) is 0 Å². The van der Waals surface area contributed by atoms with Crippen molar-refractivity contribution in [3.05, 3.63) is 52.2 Å². The van der Waals surface area contributed by atoms with Gasteiger partial charge in [0.1, 0.15) is 22.1 Å². The topological polar surface area (TPSA) is 40.7 Å². The van der Waals surface area contributed by atoms with Crippen LogP contribution < -0.4 is 5.32 Å². The number of halogens is 1. The molecule has 0 aliphatic carbocycles. The zero-order chi connectivity index (χ0) is 13.7. The summed E-state index contributed by atoms with van der Waals surface area (Å²) in [6.45, 7) is 2.71. The first-order chi connectivity index (χ1) is 9.17. The van der Waals surface area contributed by atoms with Crippen molar-refractivity contribution in [1.29, 1.82) is 0 Å². The fraction of sp³-hybridized carbons (Fsp3) is 0.286. The van der Waals surface area contributed by atoms with E-state index in [1.807, 2.05) is 0 Å². The summed E-state index contributed by atoms with van der Waals surface area (Å²) in [5, 5.41) is 3.24. The van der Waals surface area contributed by atoms with E-state index >= 15 is 0 Å². The molecule has 0 bridgehead atoms. The van der Waals surface area contributed by atoms with Gasteiger partial charge in [-0.05, 0) is 24.1 Å². The molecule has 0 aliphatic rings. The predicted octanol–water partition coefficient (Wildman–Crippen LogP) is 3.84. The number of aryl methyl sites for hydroxylation is 1. The SMILES string of the molecule is CCCc1nc(=S)cc(NCc2ccc(F)cc2)[nH]1. The fourth-order valence-corrected chi connectivity index (χ4v) is 1.99. The van der Waals surface area contributed by atoms with Crippen LogP contribution in [0.15, 0.2) is 30.3 Å². The van der Waals surface area contributed by atoms with Crippen LogP contribution in [-0.2, 0) is 13.0 Å². The third-order valence-electron chi connectivity index (χ3n) is 2.67. The molecule has 0 unspecified atom stereocenters. The van der Waals surface area contributed by atoms with Gasteiger partial charge in [-0.25, -0.2) is 9.37 Å². The standard InChI is InChI=1S/C14H16FN3S/c1-2-3-12-17-13(8-14(19)18-12)16-9-10-4-6-11(15)7-5-10/h4-8H,2-3,9H2,1H3,(H2,16,17,18,19). The first-order valence-electron chi connectivity index (χ1n) is 6.26. The minimum Gasteiger partial charge on any atom is -0.367 e. The summed E-state index contributed by atoms with van der Waals surface area (Å²) >= 11 is 5.13. The lowest BCUT2D eigenvalue weighted by molar-refractivity contribution is 0.627. The molecule has 0 saturated heterocycles. The average molecular weight is 277 g/mol. The van der Waals surface area contributed by atoms with Crippen molar-refractivity contribution >= 4 is 18.0 Å². The summed E-state index contributed by atoms with van der Waals surface area (Å²) in [4.78, 5) is 7.46. The second-order valence-corrected chi connectivity index (χ2v) is 4.73. The van der Waals surface area contributed by atoms with Gasteiger partial charge in [-0.2, -0.15) is 0 Å². The first-order valence-corrected chi connectivity index (χ1v) is 6.67. The van der Waals surface area contributed by atoms with Crippen molar-refractivity contribution in [3.8, 4) is 0 Å². The smallest absolute Gasteiger partial charge is 0.131 e. The van der Waals surface area contributed by atoms with E-state index in [0.717, 1.165) is 30.0 Å². The van der Waals surface area contributed by atoms with Gasteiger partial charge in [-0.15, -0.1) is 0 Å². The third kappa shape index (κ3) is 4.13. The molecule has 1 heterocycles. The van der Waals surface area contributed by atoms with Gasteiger partial charge in [0.25, 0.3) is 0 Å². The number of nitrogens with zero attached hydrogens (tertiary/aromatic N) is 1. The molecule has 0 spiro atoms. The lowest BCUT2D eigenvalue weighted by Crippen LogP contribution is -2.04. The zero-order valence-electron chi connectivity index (χ0n) is 10.7. The number of aromatic amines is 1. The lowest BCUT2D eigenvalue weighted by Gasteiger charge is -2.08. The van der Waals surface area contributed by atoms with Crippen molar-refractivity contribution < 1.29 is 4.39 Å². The van der Waals surface area contributed by atoms with E-state index in [0.29, 0.717) is 11.2 Å². The van der Waals surface area contributed by atoms with Crippen LogP contribution in [0.4, 0.5) is 10.2 Å². The van der Waals surface area contributed by atoms with Crippen LogP contribution in [0.3, 0.4) is 0 Å². The number of rotatable bonds is 5. The molecule has 2 aromatic rings. The van der Waals surface area contributed by atoms with Crippen molar-refractivity contribution in [3.63, 3.8) is 0 Å². The molecular weight excluding hydrogens is 261 g/mol. The normalized spacial score (nSPS) is 10.4. The average Bonchev–Trinajstić information content (AvgIpc) is 2.38. The summed E-state index contributed by atoms with van der Waals surface area (Å²) in [6.07, 6.45) is 1.88. The van der Waals surface area contributed by atoms with E-state index in [-0.39, 0.29) is 5.82 Å². The van der Waals surface area contributed by atoms with Gasteiger partial charge in [0.2, 0.25) is 0 Å². The van der Waals surface area contributed by atoms with E-state index in [4.69, 9.17) is 12.2 Å². The van der Waals surface area contributed by atoms with E-state index in [1.54, 1.807) is 18.2 Å². The highest BCUT2D eigenvalue weighted by Crippen LogP contribution is 2.09. The van der Waals surface area contributed by atoms with Crippen LogP contribution in [0, 0.1) is 10.5 Å². The quantitative estimate of drug-likeness (QED) is 0.816. The Labute approximate surface area is 116 Å². The summed E-state index contributed by atoms with van der Waals surface area (Å²) in [6, 6.07) is 8.21. The van der Waals surface area contributed by atoms with Gasteiger partial charge in [-0.1, -0.05) is 31.3 Å². The van der Waals surface area contributed by atoms with Crippen molar-refractivity contribution in [2.24, 2.45) is 0 Å². The van der Waals surface area contributed by atoms with Crippen LogP contribution in [-0.4, -0.2) is 9.97 Å². The highest BCUT2D eigenvalue weighted by Gasteiger charge is 1.99. The second-order valence-electron chi connectivity index (χ2n) is 4.31. The number of benzene rings is 1. The van der Waals surface area contributed by atoms with Gasteiger partial charge >= 0.3 is 0 Å². The Morgan fingerprint density at radius 3 is 2.74 bits per heavy atom. The Hall–Kier alpha value is -1.75. The molecule has 1 aromatic carbocycles. The largest absolute Gasteiger partial charge is 0.367 e. The number of nitrogens with one attached hydrogen (secondary N) is 2. The Bertz CT molecular complexity index is 592. The number of hydrogen-bond donors (Lipinski definition) is 2. The van der Waals surface area contributed by atoms with E-state index in [2.05, 4.69) is 22.2 Å². The molecule has 0 amide bonds. The van der Waals surface area contributed by atoms with Gasteiger partial charge in [-0.3, -0.25) is 0 Å². The summed E-state index contributed by atoms with van der Waals surface area (Å²) < 4.78 is 13.4. The number of anilines is 1. The minimum absolute atomic E-state index is 0.225. The Balaban J connectivity index is 2.06. The van der Waals surface area contributed by atoms with E-state index in [1.165, 1.54) is 12.1 Å². The van der Waals surface area contributed by atoms with Crippen LogP contribution in [0.1, 0.15) is 24.7 Å². The van der Waals surface area contributed by atoms with Crippen molar-refractivity contribution in [2.45, 2.75) is 26.3 Å². The van der Waals surface area contributed by atoms with Crippen LogP contribution in [0.5, 0.6) is 0 Å². The lowest BCUT2D eigenvalue weighted by atomic mass is 10.2. The zero-order valence-corrected chi connectivity index (χ0v) is 11.6. The fourth-order valence-electron chi connectivity index (χ4n) is 1.76. The van der Waals surface area contributed by atoms with Gasteiger partial charge in [0, 0.05) is 19.0 Å². The molecule has 0 atom stereocenters. The molecule has 0 radical (unpaired) electrons. The molecule has 5 heteroatoms. The van der Waals surface area contributed by atoms with Crippen molar-refractivity contribution in [2.75, 3.05) is 5.32 Å². The second kappa shape index (κ2) is 6.43. The monoisotopic (exact) mass is 277 g/mol. The summed E-state index contributed by atoms with van der Waals surface area (Å²) in [7, 11) is 0. The predicted molar refractivity (Wildman–Crippen MR) is 77.1 cm³/mol. The minimum atomic E-state index is -0.225. The molecule has 100 valence electrons. The number of hydrogen-bond acceptors (Lipinski definition) is 3. The molecule has 2 rings (SSSR count). The maximum absolute atomic E-state index is 12.8.